The Bertz CT molecular complexity index is 1060. The van der Waals surface area contributed by atoms with Gasteiger partial charge in [-0.2, -0.15) is 11.8 Å². The number of nitrogen functional groups attached to an aromatic ring is 1. The van der Waals surface area contributed by atoms with Crippen LogP contribution in [0.2, 0.25) is 5.02 Å². The molecule has 0 saturated carbocycles. The fourth-order valence-electron chi connectivity index (χ4n) is 2.67. The summed E-state index contributed by atoms with van der Waals surface area (Å²) in [6.45, 7) is 1.81. The first-order valence-corrected chi connectivity index (χ1v) is 11.2. The van der Waals surface area contributed by atoms with Crippen LogP contribution in [0.25, 0.3) is 10.9 Å². The van der Waals surface area contributed by atoms with Crippen molar-refractivity contribution in [3.8, 4) is 11.5 Å². The number of nitrogens with one attached hydrogen (secondary N) is 1. The van der Waals surface area contributed by atoms with Gasteiger partial charge in [0.25, 0.3) is 0 Å². The summed E-state index contributed by atoms with van der Waals surface area (Å²) in [4.78, 5) is 19.4. The highest BCUT2D eigenvalue weighted by atomic mass is 35.5. The van der Waals surface area contributed by atoms with Gasteiger partial charge in [-0.3, -0.25) is 0 Å². The highest BCUT2D eigenvalue weighted by Crippen LogP contribution is 2.36. The van der Waals surface area contributed by atoms with Crippen LogP contribution in [0.4, 0.5) is 17.2 Å². The summed E-state index contributed by atoms with van der Waals surface area (Å²) in [6.07, 6.45) is 2.86. The molecule has 1 fully saturated rings. The van der Waals surface area contributed by atoms with E-state index in [-0.39, 0.29) is 5.75 Å². The predicted molar refractivity (Wildman–Crippen MR) is 125 cm³/mol. The number of nitrogens with zero attached hydrogens (tertiary/aromatic N) is 2. The molecule has 0 radical (unpaired) electrons. The van der Waals surface area contributed by atoms with E-state index in [1.54, 1.807) is 24.3 Å². The molecule has 0 aliphatic carbocycles. The van der Waals surface area contributed by atoms with Crippen molar-refractivity contribution in [1.82, 2.24) is 9.97 Å². The molecule has 4 rings (SSSR count). The molecular formula is C21H23ClN4O4S. The van der Waals surface area contributed by atoms with Gasteiger partial charge in [0.1, 0.15) is 23.6 Å². The lowest BCUT2D eigenvalue weighted by Gasteiger charge is -2.15. The van der Waals surface area contributed by atoms with Gasteiger partial charge in [0.15, 0.2) is 6.61 Å². The van der Waals surface area contributed by atoms with Crippen LogP contribution in [0.15, 0.2) is 36.7 Å². The van der Waals surface area contributed by atoms with Crippen molar-refractivity contribution in [2.24, 2.45) is 0 Å². The van der Waals surface area contributed by atoms with Gasteiger partial charge in [-0.15, -0.1) is 0 Å². The van der Waals surface area contributed by atoms with E-state index >= 15 is 0 Å². The quantitative estimate of drug-likeness (QED) is 0.433. The van der Waals surface area contributed by atoms with E-state index in [0.717, 1.165) is 0 Å². The first-order valence-electron chi connectivity index (χ1n) is 9.64. The zero-order valence-corrected chi connectivity index (χ0v) is 18.5. The lowest BCUT2D eigenvalue weighted by Crippen LogP contribution is -2.10. The molecule has 2 heterocycles. The van der Waals surface area contributed by atoms with Crippen molar-refractivity contribution in [2.45, 2.75) is 13.3 Å². The van der Waals surface area contributed by atoms with Crippen molar-refractivity contribution in [2.75, 3.05) is 35.8 Å². The molecule has 0 bridgehead atoms. The molecule has 0 atom stereocenters. The number of ether oxygens (including phenoxy) is 2. The number of carboxylic acids is 1. The highest BCUT2D eigenvalue weighted by molar-refractivity contribution is 8.00. The van der Waals surface area contributed by atoms with Crippen LogP contribution in [-0.4, -0.2) is 45.8 Å². The Morgan fingerprint density at radius 1 is 1.23 bits per heavy atom. The normalized spacial score (nSPS) is 12.3. The molecule has 4 N–H and O–H groups in total. The van der Waals surface area contributed by atoms with E-state index in [1.807, 2.05) is 18.7 Å². The number of benzene rings is 2. The van der Waals surface area contributed by atoms with E-state index in [1.165, 1.54) is 30.3 Å². The van der Waals surface area contributed by atoms with Crippen molar-refractivity contribution in [1.29, 1.82) is 0 Å². The average Bonchev–Trinajstić information content (AvgIpc) is 2.66. The SMILES string of the molecule is C1CSC1.CCOc1cc(N)cc2ncnc(Nc3ccc(Cl)cc3OCC(=O)O)c12. The molecule has 8 nitrogen and oxygen atoms in total. The summed E-state index contributed by atoms with van der Waals surface area (Å²) < 4.78 is 11.0. The molecule has 1 saturated heterocycles. The molecule has 31 heavy (non-hydrogen) atoms. The molecule has 10 heteroatoms. The Hall–Kier alpha value is -2.91. The second kappa shape index (κ2) is 10.9. The number of rotatable bonds is 7. The number of carboxylic acid groups (broad SMARTS) is 1. The Balaban J connectivity index is 0.000000610. The maximum atomic E-state index is 10.8. The highest BCUT2D eigenvalue weighted by Gasteiger charge is 2.14. The van der Waals surface area contributed by atoms with Gasteiger partial charge in [0.2, 0.25) is 0 Å². The maximum absolute atomic E-state index is 10.8. The minimum absolute atomic E-state index is 0.282. The van der Waals surface area contributed by atoms with Gasteiger partial charge >= 0.3 is 5.97 Å². The van der Waals surface area contributed by atoms with Gasteiger partial charge in [0.05, 0.1) is 23.2 Å². The third kappa shape index (κ3) is 6.28. The van der Waals surface area contributed by atoms with E-state index < -0.39 is 12.6 Å². The molecule has 164 valence electrons. The summed E-state index contributed by atoms with van der Waals surface area (Å²) in [5.41, 5.74) is 7.55. The standard InChI is InChI=1S/C18H17ClN4O4.C3H6S/c1-2-26-15-7-11(20)6-13-17(15)18(22-9-21-13)23-12-4-3-10(19)5-14(12)27-8-16(24)25;1-2-4-3-1/h3-7,9H,2,8,20H2,1H3,(H,24,25)(H,21,22,23);1-3H2. The molecule has 3 aromatic rings. The zero-order chi connectivity index (χ0) is 22.2. The maximum Gasteiger partial charge on any atom is 0.341 e. The van der Waals surface area contributed by atoms with Gasteiger partial charge in [-0.05, 0) is 43.0 Å². The molecular weight excluding hydrogens is 440 g/mol. The fourth-order valence-corrected chi connectivity index (χ4v) is 3.12. The number of fused-ring (bicyclic) bond motifs is 1. The molecule has 0 amide bonds. The number of hydrogen-bond acceptors (Lipinski definition) is 8. The smallest absolute Gasteiger partial charge is 0.341 e. The number of hydrogen-bond donors (Lipinski definition) is 3. The molecule has 2 aromatic carbocycles. The summed E-state index contributed by atoms with van der Waals surface area (Å²) in [5.74, 6) is 3.02. The van der Waals surface area contributed by atoms with Crippen LogP contribution < -0.4 is 20.5 Å². The number of nitrogens with two attached hydrogens (primary N) is 1. The Labute approximate surface area is 189 Å². The number of aromatic nitrogens is 2. The summed E-state index contributed by atoms with van der Waals surface area (Å²) in [6, 6.07) is 8.27. The molecule has 1 aromatic heterocycles. The number of anilines is 3. The largest absolute Gasteiger partial charge is 0.493 e. The zero-order valence-electron chi connectivity index (χ0n) is 16.9. The second-order valence-corrected chi connectivity index (χ2v) is 8.14. The first kappa shape index (κ1) is 22.8. The summed E-state index contributed by atoms with van der Waals surface area (Å²) in [5, 5.41) is 13.1. The van der Waals surface area contributed by atoms with Gasteiger partial charge in [0, 0.05) is 22.8 Å². The van der Waals surface area contributed by atoms with Crippen molar-refractivity contribution in [3.05, 3.63) is 41.7 Å². The van der Waals surface area contributed by atoms with Crippen LogP contribution in [0.3, 0.4) is 0 Å². The number of thioether (sulfide) groups is 1. The number of carbonyl (C=O) groups is 1. The van der Waals surface area contributed by atoms with Gasteiger partial charge in [-0.1, -0.05) is 11.6 Å². The van der Waals surface area contributed by atoms with Crippen LogP contribution in [0.1, 0.15) is 13.3 Å². The van der Waals surface area contributed by atoms with Crippen LogP contribution in [0, 0.1) is 0 Å². The van der Waals surface area contributed by atoms with E-state index in [0.29, 0.717) is 45.5 Å². The second-order valence-electron chi connectivity index (χ2n) is 6.48. The third-order valence-electron chi connectivity index (χ3n) is 4.15. The van der Waals surface area contributed by atoms with E-state index in [4.69, 9.17) is 31.9 Å². The average molecular weight is 463 g/mol. The van der Waals surface area contributed by atoms with Crippen LogP contribution in [-0.2, 0) is 4.79 Å². The predicted octanol–water partition coefficient (Wildman–Crippen LogP) is 4.59. The Morgan fingerprint density at radius 3 is 2.61 bits per heavy atom. The summed E-state index contributed by atoms with van der Waals surface area (Å²) >= 11 is 8.04. The molecule has 0 spiro atoms. The Morgan fingerprint density at radius 2 is 1.97 bits per heavy atom. The fraction of sp³-hybridized carbons (Fsp3) is 0.286. The van der Waals surface area contributed by atoms with E-state index in [2.05, 4.69) is 15.3 Å². The Kier molecular flexibility index (Phi) is 8.02. The molecule has 1 aliphatic rings. The van der Waals surface area contributed by atoms with Gasteiger partial charge in [-0.25, -0.2) is 14.8 Å². The third-order valence-corrected chi connectivity index (χ3v) is 5.54. The molecule has 0 unspecified atom stereocenters. The van der Waals surface area contributed by atoms with Gasteiger partial charge < -0.3 is 25.6 Å². The number of aliphatic carboxylic acids is 1. The first-order chi connectivity index (χ1) is 15.0. The van der Waals surface area contributed by atoms with Crippen LogP contribution >= 0.6 is 23.4 Å². The monoisotopic (exact) mass is 462 g/mol. The van der Waals surface area contributed by atoms with Crippen molar-refractivity contribution in [3.63, 3.8) is 0 Å². The topological polar surface area (TPSA) is 120 Å². The van der Waals surface area contributed by atoms with Crippen molar-refractivity contribution < 1.29 is 19.4 Å². The van der Waals surface area contributed by atoms with Crippen LogP contribution in [0.5, 0.6) is 11.5 Å². The number of halogens is 1. The summed E-state index contributed by atoms with van der Waals surface area (Å²) in [7, 11) is 0. The van der Waals surface area contributed by atoms with E-state index in [9.17, 15) is 4.79 Å². The molecule has 1 aliphatic heterocycles. The minimum atomic E-state index is -1.09. The lowest BCUT2D eigenvalue weighted by atomic mass is 10.2. The lowest BCUT2D eigenvalue weighted by molar-refractivity contribution is -0.139. The minimum Gasteiger partial charge on any atom is -0.493 e. The van der Waals surface area contributed by atoms with Crippen molar-refractivity contribution >= 4 is 57.4 Å².